The third kappa shape index (κ3) is 8.45. The van der Waals surface area contributed by atoms with Crippen LogP contribution in [0.5, 0.6) is 0 Å². The predicted octanol–water partition coefficient (Wildman–Crippen LogP) is 16.5. The van der Waals surface area contributed by atoms with E-state index < -0.39 is 0 Å². The van der Waals surface area contributed by atoms with E-state index in [-0.39, 0.29) is 26.2 Å². The Morgan fingerprint density at radius 2 is 0.729 bits per heavy atom. The van der Waals surface area contributed by atoms with Crippen molar-refractivity contribution in [3.8, 4) is 67.5 Å². The summed E-state index contributed by atoms with van der Waals surface area (Å²) in [5.74, 6) is 4.69. The molecule has 8 aromatic carbocycles. The Labute approximate surface area is 366 Å². The molecule has 0 atom stereocenters. The summed E-state index contributed by atoms with van der Waals surface area (Å²) < 4.78 is 12.3. The van der Waals surface area contributed by atoms with Crippen LogP contribution in [0.3, 0.4) is 0 Å². The fraction of sp³-hybridized carbons (Fsp3) is 0.107. The van der Waals surface area contributed by atoms with Crippen molar-refractivity contribution < 1.29 is 35.0 Å². The molecular formula is C56H46O2Zr. The molecule has 0 saturated carbocycles. The molecule has 0 unspecified atom stereocenters. The smallest absolute Gasteiger partial charge is 0.491 e. The van der Waals surface area contributed by atoms with Crippen molar-refractivity contribution in [3.05, 3.63) is 205 Å². The molecule has 0 aliphatic heterocycles. The van der Waals surface area contributed by atoms with Gasteiger partial charge in [-0.2, -0.15) is 0 Å². The van der Waals surface area contributed by atoms with Gasteiger partial charge in [-0.05, 0) is 58.4 Å². The minimum atomic E-state index is 0. The average molecular weight is 842 g/mol. The van der Waals surface area contributed by atoms with Gasteiger partial charge in [0.2, 0.25) is 0 Å². The number of hydrogen-bond acceptors (Lipinski definition) is 2. The molecule has 0 bridgehead atoms. The van der Waals surface area contributed by atoms with Gasteiger partial charge in [0.15, 0.2) is 0 Å². The summed E-state index contributed by atoms with van der Waals surface area (Å²) in [5, 5.41) is 5.00. The Balaban J connectivity index is 0.000000161. The molecule has 2 nitrogen and oxygen atoms in total. The van der Waals surface area contributed by atoms with Crippen LogP contribution in [-0.2, 0) is 26.2 Å². The molecule has 3 heteroatoms. The number of rotatable bonds is 8. The van der Waals surface area contributed by atoms with Crippen molar-refractivity contribution in [3.63, 3.8) is 0 Å². The van der Waals surface area contributed by atoms with E-state index in [1.54, 1.807) is 0 Å². The van der Waals surface area contributed by atoms with E-state index >= 15 is 0 Å². The molecule has 59 heavy (non-hydrogen) atoms. The Kier molecular flexibility index (Phi) is 11.8. The Hall–Kier alpha value is -6.02. The van der Waals surface area contributed by atoms with Crippen LogP contribution >= 0.6 is 0 Å². The molecule has 0 fully saturated rings. The van der Waals surface area contributed by atoms with Crippen molar-refractivity contribution in [2.45, 2.75) is 39.5 Å². The van der Waals surface area contributed by atoms with Crippen LogP contribution in [0.2, 0.25) is 0 Å². The minimum Gasteiger partial charge on any atom is -0.491 e. The normalized spacial score (nSPS) is 11.2. The summed E-state index contributed by atoms with van der Waals surface area (Å²) in [4.78, 5) is 0. The predicted molar refractivity (Wildman–Crippen MR) is 244 cm³/mol. The van der Waals surface area contributed by atoms with Crippen LogP contribution in [0.15, 0.2) is 203 Å². The van der Waals surface area contributed by atoms with Gasteiger partial charge < -0.3 is 8.83 Å². The quantitative estimate of drug-likeness (QED) is 0.142. The number of hydrogen-bond donors (Lipinski definition) is 0. The van der Waals surface area contributed by atoms with E-state index in [9.17, 15) is 0 Å². The standard InChI is InChI=1S/2C28H23O.Zr/c2*1-19(2)20-11-13-21(14-12-20)25-10-6-9-23-17-24(18-26(23)25)28-16-15-27(29-28)22-7-4-3-5-8-22;/h2*3-19H,1-2H3;/q2*-1;+2. The van der Waals surface area contributed by atoms with Gasteiger partial charge in [0, 0.05) is 11.1 Å². The SMILES string of the molecule is CC(C)c1ccc(-c2cccc3[cH-]c(-c4ccc(-c5ccccc5)o4)cc23)cc1.CC(C)c1ccc(-c2cccc3[cH-]c(-c4ccc(-c5ccccc5)o4)cc23)cc1.[Zr+2]. The fourth-order valence-electron chi connectivity index (χ4n) is 7.85. The number of benzene rings is 6. The molecule has 0 spiro atoms. The maximum atomic E-state index is 6.17. The summed E-state index contributed by atoms with van der Waals surface area (Å²) in [6.07, 6.45) is 0. The molecule has 0 aliphatic carbocycles. The first-order chi connectivity index (χ1) is 28.4. The van der Waals surface area contributed by atoms with Gasteiger partial charge in [-0.3, -0.25) is 0 Å². The second-order valence-corrected chi connectivity index (χ2v) is 15.7. The van der Waals surface area contributed by atoms with Gasteiger partial charge in [-0.25, -0.2) is 0 Å². The molecule has 10 rings (SSSR count). The fourth-order valence-corrected chi connectivity index (χ4v) is 7.85. The molecule has 0 saturated heterocycles. The zero-order chi connectivity index (χ0) is 39.6. The first-order valence-corrected chi connectivity index (χ1v) is 20.3. The Morgan fingerprint density at radius 3 is 1.10 bits per heavy atom. The molecule has 286 valence electrons. The van der Waals surface area contributed by atoms with Gasteiger partial charge in [0.05, 0.1) is 11.5 Å². The largest absolute Gasteiger partial charge is 2.00 e. The van der Waals surface area contributed by atoms with E-state index in [0.29, 0.717) is 11.8 Å². The molecule has 2 heterocycles. The first kappa shape index (κ1) is 39.8. The number of furan rings is 2. The van der Waals surface area contributed by atoms with Crippen LogP contribution in [0, 0.1) is 0 Å². The average Bonchev–Trinajstić information content (AvgIpc) is 4.10. The summed E-state index contributed by atoms with van der Waals surface area (Å²) in [6.45, 7) is 8.91. The van der Waals surface area contributed by atoms with Crippen LogP contribution in [0.25, 0.3) is 89.1 Å². The van der Waals surface area contributed by atoms with Crippen molar-refractivity contribution in [1.29, 1.82) is 0 Å². The summed E-state index contributed by atoms with van der Waals surface area (Å²) in [6, 6.07) is 68.5. The van der Waals surface area contributed by atoms with Gasteiger partial charge in [0.1, 0.15) is 11.5 Å². The van der Waals surface area contributed by atoms with E-state index in [1.807, 2.05) is 48.5 Å². The van der Waals surface area contributed by atoms with Crippen molar-refractivity contribution in [1.82, 2.24) is 0 Å². The third-order valence-corrected chi connectivity index (χ3v) is 11.2. The van der Waals surface area contributed by atoms with Crippen molar-refractivity contribution >= 4 is 21.5 Å². The second-order valence-electron chi connectivity index (χ2n) is 15.7. The summed E-state index contributed by atoms with van der Waals surface area (Å²) in [5.41, 5.74) is 12.2. The van der Waals surface area contributed by atoms with Crippen LogP contribution in [0.4, 0.5) is 0 Å². The van der Waals surface area contributed by atoms with Crippen LogP contribution in [0.1, 0.15) is 50.7 Å². The summed E-state index contributed by atoms with van der Waals surface area (Å²) >= 11 is 0. The zero-order valence-corrected chi connectivity index (χ0v) is 36.4. The van der Waals surface area contributed by atoms with E-state index in [0.717, 1.165) is 45.3 Å². The molecule has 0 radical (unpaired) electrons. The first-order valence-electron chi connectivity index (χ1n) is 20.3. The molecule has 0 N–H and O–H groups in total. The molecule has 10 aromatic rings. The zero-order valence-electron chi connectivity index (χ0n) is 33.9. The Bertz CT molecular complexity index is 2710. The van der Waals surface area contributed by atoms with E-state index in [2.05, 4.69) is 173 Å². The van der Waals surface area contributed by atoms with Gasteiger partial charge in [-0.1, -0.05) is 183 Å². The molecular weight excluding hydrogens is 796 g/mol. The van der Waals surface area contributed by atoms with Crippen molar-refractivity contribution in [2.75, 3.05) is 0 Å². The monoisotopic (exact) mass is 840 g/mol. The van der Waals surface area contributed by atoms with Gasteiger partial charge >= 0.3 is 26.2 Å². The molecule has 0 amide bonds. The van der Waals surface area contributed by atoms with Crippen LogP contribution < -0.4 is 0 Å². The molecule has 2 aromatic heterocycles. The Morgan fingerprint density at radius 1 is 0.356 bits per heavy atom. The second kappa shape index (κ2) is 17.5. The van der Waals surface area contributed by atoms with Gasteiger partial charge in [-0.15, -0.1) is 57.9 Å². The van der Waals surface area contributed by atoms with Crippen LogP contribution in [-0.4, -0.2) is 0 Å². The third-order valence-electron chi connectivity index (χ3n) is 11.2. The molecule has 0 aliphatic rings. The van der Waals surface area contributed by atoms with Gasteiger partial charge in [0.25, 0.3) is 0 Å². The van der Waals surface area contributed by atoms with E-state index in [1.165, 1.54) is 54.9 Å². The number of fused-ring (bicyclic) bond motifs is 2. The summed E-state index contributed by atoms with van der Waals surface area (Å²) in [7, 11) is 0. The topological polar surface area (TPSA) is 26.3 Å². The van der Waals surface area contributed by atoms with Crippen molar-refractivity contribution in [2.24, 2.45) is 0 Å². The minimum absolute atomic E-state index is 0. The maximum Gasteiger partial charge on any atom is 2.00 e. The van der Waals surface area contributed by atoms with E-state index in [4.69, 9.17) is 8.83 Å². The maximum absolute atomic E-state index is 6.17.